The average molecular weight is 284 g/mol. The lowest BCUT2D eigenvalue weighted by Gasteiger charge is -2.26. The van der Waals surface area contributed by atoms with Crippen molar-refractivity contribution in [2.45, 2.75) is 66.0 Å². The molecule has 0 aliphatic heterocycles. The summed E-state index contributed by atoms with van der Waals surface area (Å²) in [7, 11) is 2.10. The molecular formula is C15H28N2OS. The predicted molar refractivity (Wildman–Crippen MR) is 84.1 cm³/mol. The molecule has 0 saturated heterocycles. The quantitative estimate of drug-likeness (QED) is 0.893. The van der Waals surface area contributed by atoms with Gasteiger partial charge in [0.25, 0.3) is 0 Å². The SMILES string of the molecule is CC(C)CC(C)N(C)c1nc(C(C)(C)C)c(CO)s1. The number of aromatic nitrogens is 1. The van der Waals surface area contributed by atoms with Crippen molar-refractivity contribution in [1.82, 2.24) is 4.98 Å². The molecule has 110 valence electrons. The first-order valence-corrected chi connectivity index (χ1v) is 7.82. The van der Waals surface area contributed by atoms with E-state index in [1.54, 1.807) is 11.3 Å². The molecular weight excluding hydrogens is 256 g/mol. The molecule has 1 N–H and O–H groups in total. The fourth-order valence-electron chi connectivity index (χ4n) is 2.21. The third-order valence-electron chi connectivity index (χ3n) is 3.32. The molecule has 0 bridgehead atoms. The molecule has 1 unspecified atom stereocenters. The van der Waals surface area contributed by atoms with Crippen LogP contribution in [0.1, 0.15) is 58.5 Å². The first-order valence-electron chi connectivity index (χ1n) is 7.00. The summed E-state index contributed by atoms with van der Waals surface area (Å²) in [5, 5.41) is 10.5. The van der Waals surface area contributed by atoms with Crippen LogP contribution >= 0.6 is 11.3 Å². The van der Waals surface area contributed by atoms with Crippen molar-refractivity contribution in [3.63, 3.8) is 0 Å². The number of nitrogens with zero attached hydrogens (tertiary/aromatic N) is 2. The Bertz CT molecular complexity index is 407. The smallest absolute Gasteiger partial charge is 0.185 e. The lowest BCUT2D eigenvalue weighted by Crippen LogP contribution is -2.30. The Balaban J connectivity index is 2.99. The summed E-state index contributed by atoms with van der Waals surface area (Å²) in [4.78, 5) is 7.99. The van der Waals surface area contributed by atoms with E-state index >= 15 is 0 Å². The van der Waals surface area contributed by atoms with E-state index in [1.165, 1.54) is 0 Å². The van der Waals surface area contributed by atoms with Gasteiger partial charge >= 0.3 is 0 Å². The van der Waals surface area contributed by atoms with Crippen LogP contribution in [0.15, 0.2) is 0 Å². The van der Waals surface area contributed by atoms with Gasteiger partial charge in [0.15, 0.2) is 5.13 Å². The Morgan fingerprint density at radius 3 is 2.21 bits per heavy atom. The van der Waals surface area contributed by atoms with Crippen LogP contribution in [0, 0.1) is 5.92 Å². The van der Waals surface area contributed by atoms with E-state index in [0.717, 1.165) is 22.1 Å². The molecule has 0 amide bonds. The van der Waals surface area contributed by atoms with Gasteiger partial charge in [0, 0.05) is 18.5 Å². The molecule has 0 aliphatic carbocycles. The van der Waals surface area contributed by atoms with Crippen molar-refractivity contribution in [3.8, 4) is 0 Å². The number of thiazole rings is 1. The number of aliphatic hydroxyl groups is 1. The number of hydrogen-bond acceptors (Lipinski definition) is 4. The minimum absolute atomic E-state index is 0.0189. The van der Waals surface area contributed by atoms with Crippen LogP contribution in [0.5, 0.6) is 0 Å². The minimum atomic E-state index is -0.0189. The number of hydrogen-bond donors (Lipinski definition) is 1. The first-order chi connectivity index (χ1) is 8.66. The molecule has 0 spiro atoms. The first kappa shape index (κ1) is 16.4. The maximum absolute atomic E-state index is 9.51. The van der Waals surface area contributed by atoms with Gasteiger partial charge in [-0.1, -0.05) is 46.0 Å². The second kappa shape index (κ2) is 6.23. The molecule has 1 atom stereocenters. The van der Waals surface area contributed by atoms with Gasteiger partial charge in [0.1, 0.15) is 0 Å². The van der Waals surface area contributed by atoms with Gasteiger partial charge in [-0.25, -0.2) is 4.98 Å². The molecule has 0 fully saturated rings. The lowest BCUT2D eigenvalue weighted by atomic mass is 9.91. The molecule has 0 radical (unpaired) electrons. The van der Waals surface area contributed by atoms with Crippen molar-refractivity contribution in [2.24, 2.45) is 5.92 Å². The normalized spacial score (nSPS) is 13.9. The summed E-state index contributed by atoms with van der Waals surface area (Å²) in [6, 6.07) is 0.463. The Morgan fingerprint density at radius 1 is 1.26 bits per heavy atom. The van der Waals surface area contributed by atoms with Gasteiger partial charge in [-0.05, 0) is 19.3 Å². The number of aliphatic hydroxyl groups excluding tert-OH is 1. The van der Waals surface area contributed by atoms with Gasteiger partial charge < -0.3 is 10.0 Å². The summed E-state index contributed by atoms with van der Waals surface area (Å²) in [5.74, 6) is 0.678. The van der Waals surface area contributed by atoms with Crippen LogP contribution in [0.3, 0.4) is 0 Å². The molecule has 0 saturated carbocycles. The van der Waals surface area contributed by atoms with Gasteiger partial charge in [0.05, 0.1) is 17.2 Å². The highest BCUT2D eigenvalue weighted by Gasteiger charge is 2.25. The summed E-state index contributed by atoms with van der Waals surface area (Å²) >= 11 is 1.61. The predicted octanol–water partition coefficient (Wildman–Crippen LogP) is 3.80. The molecule has 1 rings (SSSR count). The highest BCUT2D eigenvalue weighted by atomic mass is 32.1. The van der Waals surface area contributed by atoms with Crippen molar-refractivity contribution in [3.05, 3.63) is 10.6 Å². The maximum atomic E-state index is 9.51. The van der Waals surface area contributed by atoms with Crippen molar-refractivity contribution < 1.29 is 5.11 Å². The summed E-state index contributed by atoms with van der Waals surface area (Å²) in [5.41, 5.74) is 1.01. The van der Waals surface area contributed by atoms with Crippen LogP contribution < -0.4 is 4.90 Å². The van der Waals surface area contributed by atoms with Gasteiger partial charge in [-0.2, -0.15) is 0 Å². The Hall–Kier alpha value is -0.610. The Kier molecular flexibility index (Phi) is 5.39. The van der Waals surface area contributed by atoms with Crippen LogP contribution in [0.2, 0.25) is 0 Å². The van der Waals surface area contributed by atoms with Crippen LogP contribution in [-0.4, -0.2) is 23.2 Å². The molecule has 1 aromatic heterocycles. The van der Waals surface area contributed by atoms with E-state index < -0.39 is 0 Å². The second-order valence-corrected chi connectivity index (χ2v) is 7.83. The van der Waals surface area contributed by atoms with Crippen LogP contribution in [0.25, 0.3) is 0 Å². The van der Waals surface area contributed by atoms with E-state index in [1.807, 2.05) is 0 Å². The third-order valence-corrected chi connectivity index (χ3v) is 4.45. The van der Waals surface area contributed by atoms with E-state index in [0.29, 0.717) is 12.0 Å². The number of rotatable bonds is 5. The fraction of sp³-hybridized carbons (Fsp3) is 0.800. The average Bonchev–Trinajstić information content (AvgIpc) is 2.70. The van der Waals surface area contributed by atoms with Crippen LogP contribution in [0.4, 0.5) is 5.13 Å². The highest BCUT2D eigenvalue weighted by Crippen LogP contribution is 2.34. The Morgan fingerprint density at radius 2 is 1.84 bits per heavy atom. The number of anilines is 1. The Labute approximate surface area is 121 Å². The molecule has 3 nitrogen and oxygen atoms in total. The minimum Gasteiger partial charge on any atom is -0.391 e. The standard InChI is InChI=1S/C15H28N2OS/c1-10(2)8-11(3)17(7)14-16-13(15(4,5)6)12(9-18)19-14/h10-11,18H,8-9H2,1-7H3. The molecule has 0 aliphatic rings. The zero-order valence-corrected chi connectivity index (χ0v) is 14.1. The lowest BCUT2D eigenvalue weighted by molar-refractivity contribution is 0.282. The summed E-state index contributed by atoms with van der Waals surface area (Å²) in [6.45, 7) is 13.2. The van der Waals surface area contributed by atoms with E-state index in [4.69, 9.17) is 4.98 Å². The maximum Gasteiger partial charge on any atom is 0.185 e. The van der Waals surface area contributed by atoms with E-state index in [2.05, 4.69) is 53.5 Å². The van der Waals surface area contributed by atoms with Gasteiger partial charge in [0.2, 0.25) is 0 Å². The zero-order valence-electron chi connectivity index (χ0n) is 13.3. The van der Waals surface area contributed by atoms with Crippen molar-refractivity contribution >= 4 is 16.5 Å². The molecule has 1 heterocycles. The van der Waals surface area contributed by atoms with Crippen LogP contribution in [-0.2, 0) is 12.0 Å². The second-order valence-electron chi connectivity index (χ2n) is 6.77. The highest BCUT2D eigenvalue weighted by molar-refractivity contribution is 7.15. The molecule has 19 heavy (non-hydrogen) atoms. The van der Waals surface area contributed by atoms with Crippen molar-refractivity contribution in [1.29, 1.82) is 0 Å². The monoisotopic (exact) mass is 284 g/mol. The molecule has 4 heteroatoms. The summed E-state index contributed by atoms with van der Waals surface area (Å²) in [6.07, 6.45) is 1.15. The van der Waals surface area contributed by atoms with E-state index in [9.17, 15) is 5.11 Å². The molecule has 1 aromatic rings. The van der Waals surface area contributed by atoms with E-state index in [-0.39, 0.29) is 12.0 Å². The van der Waals surface area contributed by atoms with Crippen molar-refractivity contribution in [2.75, 3.05) is 11.9 Å². The zero-order chi connectivity index (χ0) is 14.8. The fourth-order valence-corrected chi connectivity index (χ4v) is 3.41. The van der Waals surface area contributed by atoms with Gasteiger partial charge in [-0.3, -0.25) is 0 Å². The largest absolute Gasteiger partial charge is 0.391 e. The topological polar surface area (TPSA) is 36.4 Å². The third kappa shape index (κ3) is 4.18. The van der Waals surface area contributed by atoms with Gasteiger partial charge in [-0.15, -0.1) is 0 Å². The molecule has 0 aromatic carbocycles. The summed E-state index contributed by atoms with van der Waals surface area (Å²) < 4.78 is 0.